The van der Waals surface area contributed by atoms with Crippen molar-refractivity contribution in [2.24, 2.45) is 0 Å². The molecule has 0 saturated carbocycles. The van der Waals surface area contributed by atoms with Crippen LogP contribution in [0.2, 0.25) is 15.1 Å². The number of halogens is 3. The molecule has 0 bridgehead atoms. The number of thiophene rings is 1. The number of nitrogens with one attached hydrogen (secondary N) is 1. The lowest BCUT2D eigenvalue weighted by atomic mass is 10.2. The Labute approximate surface area is 185 Å². The predicted octanol–water partition coefficient (Wildman–Crippen LogP) is 6.91. The van der Waals surface area contributed by atoms with Crippen molar-refractivity contribution >= 4 is 74.5 Å². The van der Waals surface area contributed by atoms with Crippen molar-refractivity contribution in [3.05, 3.63) is 85.1 Å². The van der Waals surface area contributed by atoms with Gasteiger partial charge in [0.2, 0.25) is 0 Å². The minimum absolute atomic E-state index is 0.251. The fraction of sp³-hybridized carbons (Fsp3) is 0.0476. The molecule has 0 aliphatic rings. The van der Waals surface area contributed by atoms with Gasteiger partial charge in [-0.2, -0.15) is 0 Å². The second-order valence-corrected chi connectivity index (χ2v) is 8.49. The summed E-state index contributed by atoms with van der Waals surface area (Å²) in [7, 11) is 0. The van der Waals surface area contributed by atoms with Gasteiger partial charge in [0.15, 0.2) is 0 Å². The molecule has 0 aliphatic heterocycles. The summed E-state index contributed by atoms with van der Waals surface area (Å²) in [6.07, 6.45) is 0. The first-order chi connectivity index (χ1) is 13.9. The number of carbonyl (C=O) groups excluding carboxylic acids is 2. The SMILES string of the molecule is Cc1cc2cc(NC(=O)c3sccc3Cl)ccc2n1C(=O)c1c(Cl)cccc1Cl. The minimum atomic E-state index is -0.310. The van der Waals surface area contributed by atoms with Crippen LogP contribution >= 0.6 is 46.1 Å². The molecule has 1 N–H and O–H groups in total. The Morgan fingerprint density at radius 1 is 0.966 bits per heavy atom. The molecule has 0 radical (unpaired) electrons. The highest BCUT2D eigenvalue weighted by Crippen LogP contribution is 2.30. The molecule has 0 aliphatic carbocycles. The van der Waals surface area contributed by atoms with Gasteiger partial charge in [0.25, 0.3) is 11.8 Å². The molecular weight excluding hydrogens is 451 g/mol. The van der Waals surface area contributed by atoms with Gasteiger partial charge in [-0.25, -0.2) is 0 Å². The summed E-state index contributed by atoms with van der Waals surface area (Å²) in [5.74, 6) is -0.588. The standard InChI is InChI=1S/C21H13Cl3N2O2S/c1-11-9-12-10-13(25-20(27)19-16(24)7-8-29-19)5-6-17(12)26(11)21(28)18-14(22)3-2-4-15(18)23/h2-10H,1H3,(H,25,27). The van der Waals surface area contributed by atoms with Gasteiger partial charge in [-0.1, -0.05) is 40.9 Å². The molecule has 0 unspecified atom stereocenters. The van der Waals surface area contributed by atoms with Crippen LogP contribution in [0.3, 0.4) is 0 Å². The second kappa shape index (κ2) is 7.84. The van der Waals surface area contributed by atoms with Gasteiger partial charge in [0, 0.05) is 16.8 Å². The maximum Gasteiger partial charge on any atom is 0.267 e. The minimum Gasteiger partial charge on any atom is -0.321 e. The molecule has 4 rings (SSSR count). The normalized spacial score (nSPS) is 11.0. The summed E-state index contributed by atoms with van der Waals surface area (Å²) < 4.78 is 1.56. The summed E-state index contributed by atoms with van der Waals surface area (Å²) in [6.45, 7) is 1.83. The maximum absolute atomic E-state index is 13.2. The average molecular weight is 464 g/mol. The topological polar surface area (TPSA) is 51.1 Å². The van der Waals surface area contributed by atoms with Crippen molar-refractivity contribution in [1.82, 2.24) is 4.57 Å². The van der Waals surface area contributed by atoms with E-state index in [1.54, 1.807) is 52.4 Å². The number of hydrogen-bond acceptors (Lipinski definition) is 3. The fourth-order valence-electron chi connectivity index (χ4n) is 3.16. The van der Waals surface area contributed by atoms with E-state index in [0.717, 1.165) is 11.1 Å². The Morgan fingerprint density at radius 2 is 1.69 bits per heavy atom. The van der Waals surface area contributed by atoms with Crippen molar-refractivity contribution in [3.63, 3.8) is 0 Å². The lowest BCUT2D eigenvalue weighted by molar-refractivity contribution is 0.0962. The lowest BCUT2D eigenvalue weighted by Gasteiger charge is -2.10. The highest BCUT2D eigenvalue weighted by Gasteiger charge is 2.20. The first-order valence-corrected chi connectivity index (χ1v) is 10.5. The van der Waals surface area contributed by atoms with E-state index in [4.69, 9.17) is 34.8 Å². The van der Waals surface area contributed by atoms with Gasteiger partial charge >= 0.3 is 0 Å². The van der Waals surface area contributed by atoms with E-state index in [1.807, 2.05) is 13.0 Å². The summed E-state index contributed by atoms with van der Waals surface area (Å²) >= 11 is 19.7. The van der Waals surface area contributed by atoms with Crippen molar-refractivity contribution in [2.75, 3.05) is 5.32 Å². The zero-order chi connectivity index (χ0) is 20.7. The Kier molecular flexibility index (Phi) is 5.40. The number of hydrogen-bond donors (Lipinski definition) is 1. The predicted molar refractivity (Wildman–Crippen MR) is 120 cm³/mol. The molecule has 146 valence electrons. The highest BCUT2D eigenvalue weighted by molar-refractivity contribution is 7.12. The number of amides is 1. The highest BCUT2D eigenvalue weighted by atomic mass is 35.5. The molecule has 8 heteroatoms. The average Bonchev–Trinajstić information content (AvgIpc) is 3.23. The molecule has 2 aromatic heterocycles. The molecule has 2 heterocycles. The molecular formula is C21H13Cl3N2O2S. The smallest absolute Gasteiger partial charge is 0.267 e. The monoisotopic (exact) mass is 462 g/mol. The molecule has 0 atom stereocenters. The van der Waals surface area contributed by atoms with Crippen LogP contribution in [-0.4, -0.2) is 16.4 Å². The Morgan fingerprint density at radius 3 is 2.34 bits per heavy atom. The number of rotatable bonds is 3. The van der Waals surface area contributed by atoms with Crippen LogP contribution < -0.4 is 5.32 Å². The van der Waals surface area contributed by atoms with Crippen LogP contribution in [0.25, 0.3) is 10.9 Å². The zero-order valence-electron chi connectivity index (χ0n) is 15.0. The number of anilines is 1. The largest absolute Gasteiger partial charge is 0.321 e. The van der Waals surface area contributed by atoms with E-state index in [9.17, 15) is 9.59 Å². The number of aryl methyl sites for hydroxylation is 1. The van der Waals surface area contributed by atoms with Gasteiger partial charge in [0.05, 0.1) is 26.1 Å². The summed E-state index contributed by atoms with van der Waals surface area (Å²) in [4.78, 5) is 26.0. The number of benzene rings is 2. The fourth-order valence-corrected chi connectivity index (χ4v) is 4.75. The van der Waals surface area contributed by atoms with Gasteiger partial charge < -0.3 is 5.32 Å². The van der Waals surface area contributed by atoms with Crippen LogP contribution in [0.5, 0.6) is 0 Å². The van der Waals surface area contributed by atoms with E-state index in [-0.39, 0.29) is 17.4 Å². The Balaban J connectivity index is 1.71. The number of nitrogens with zero attached hydrogens (tertiary/aromatic N) is 1. The molecule has 1 amide bonds. The third kappa shape index (κ3) is 3.67. The summed E-state index contributed by atoms with van der Waals surface area (Å²) in [5, 5.41) is 6.39. The number of fused-ring (bicyclic) bond motifs is 1. The van der Waals surface area contributed by atoms with Gasteiger partial charge in [-0.05, 0) is 54.8 Å². The van der Waals surface area contributed by atoms with Crippen molar-refractivity contribution < 1.29 is 9.59 Å². The summed E-state index contributed by atoms with van der Waals surface area (Å²) in [5.41, 5.74) is 2.27. The second-order valence-electron chi connectivity index (χ2n) is 6.35. The van der Waals surface area contributed by atoms with Crippen molar-refractivity contribution in [3.8, 4) is 0 Å². The van der Waals surface area contributed by atoms with Gasteiger partial charge in [-0.15, -0.1) is 11.3 Å². The van der Waals surface area contributed by atoms with Crippen molar-refractivity contribution in [2.45, 2.75) is 6.92 Å². The summed E-state index contributed by atoms with van der Waals surface area (Å²) in [6, 6.07) is 13.8. The molecule has 0 fully saturated rings. The molecule has 4 nitrogen and oxygen atoms in total. The Bertz CT molecular complexity index is 1260. The zero-order valence-corrected chi connectivity index (χ0v) is 18.1. The molecule has 4 aromatic rings. The number of carbonyl (C=O) groups is 2. The van der Waals surface area contributed by atoms with Crippen molar-refractivity contribution in [1.29, 1.82) is 0 Å². The third-order valence-corrected chi connectivity index (χ3v) is 6.42. The van der Waals surface area contributed by atoms with Crippen LogP contribution in [0.15, 0.2) is 53.9 Å². The third-order valence-electron chi connectivity index (χ3n) is 4.45. The molecule has 29 heavy (non-hydrogen) atoms. The maximum atomic E-state index is 13.2. The van der Waals surface area contributed by atoms with E-state index in [1.165, 1.54) is 11.3 Å². The molecule has 0 saturated heterocycles. The first kappa shape index (κ1) is 20.0. The number of aromatic nitrogens is 1. The van der Waals surface area contributed by atoms with Crippen LogP contribution in [0.1, 0.15) is 25.7 Å². The lowest BCUT2D eigenvalue weighted by Crippen LogP contribution is -2.14. The van der Waals surface area contributed by atoms with Gasteiger partial charge in [-0.3, -0.25) is 14.2 Å². The van der Waals surface area contributed by atoms with E-state index < -0.39 is 0 Å². The first-order valence-electron chi connectivity index (χ1n) is 8.52. The Hall–Kier alpha value is -2.31. The van der Waals surface area contributed by atoms with E-state index >= 15 is 0 Å². The molecule has 2 aromatic carbocycles. The van der Waals surface area contributed by atoms with E-state index in [2.05, 4.69) is 5.32 Å². The quantitative estimate of drug-likeness (QED) is 0.359. The van der Waals surface area contributed by atoms with Crippen LogP contribution in [0.4, 0.5) is 5.69 Å². The van der Waals surface area contributed by atoms with E-state index in [0.29, 0.717) is 31.1 Å². The van der Waals surface area contributed by atoms with Crippen LogP contribution in [-0.2, 0) is 0 Å². The van der Waals surface area contributed by atoms with Gasteiger partial charge in [0.1, 0.15) is 4.88 Å². The van der Waals surface area contributed by atoms with Crippen LogP contribution in [0, 0.1) is 6.92 Å². The molecule has 0 spiro atoms.